The molecule has 0 bridgehead atoms. The quantitative estimate of drug-likeness (QED) is 0.473. The van der Waals surface area contributed by atoms with Gasteiger partial charge in [-0.05, 0) is 54.8 Å². The third-order valence-electron chi connectivity index (χ3n) is 5.05. The van der Waals surface area contributed by atoms with Crippen molar-refractivity contribution in [3.05, 3.63) is 23.8 Å². The second-order valence-electron chi connectivity index (χ2n) is 7.75. The van der Waals surface area contributed by atoms with Crippen molar-refractivity contribution in [2.45, 2.75) is 81.6 Å². The highest BCUT2D eigenvalue weighted by atomic mass is 14.3. The largest absolute Gasteiger partial charge is 0.0880 e. The summed E-state index contributed by atoms with van der Waals surface area (Å²) in [4.78, 5) is 0. The zero-order valence-corrected chi connectivity index (χ0v) is 16.8. The lowest BCUT2D eigenvalue weighted by Crippen LogP contribution is -2.11. The minimum absolute atomic E-state index is 0.768. The Labute approximate surface area is 141 Å². The molecule has 0 nitrogen and oxygen atoms in total. The van der Waals surface area contributed by atoms with Gasteiger partial charge in [-0.25, -0.2) is 0 Å². The molecule has 130 valence electrons. The molecule has 0 aromatic carbocycles. The molecule has 0 saturated heterocycles. The summed E-state index contributed by atoms with van der Waals surface area (Å²) in [6.45, 7) is 20.2. The lowest BCUT2D eigenvalue weighted by Gasteiger charge is -2.21. The van der Waals surface area contributed by atoms with E-state index in [0.29, 0.717) is 0 Å². The predicted octanol–water partition coefficient (Wildman–Crippen LogP) is 7.52. The van der Waals surface area contributed by atoms with Crippen LogP contribution >= 0.6 is 0 Å². The number of rotatable bonds is 3. The summed E-state index contributed by atoms with van der Waals surface area (Å²) in [6, 6.07) is 0. The lowest BCUT2D eigenvalue weighted by molar-refractivity contribution is 0.357. The Morgan fingerprint density at radius 2 is 1.55 bits per heavy atom. The van der Waals surface area contributed by atoms with Crippen molar-refractivity contribution < 1.29 is 0 Å². The van der Waals surface area contributed by atoms with Crippen molar-refractivity contribution in [2.24, 2.45) is 35.5 Å². The van der Waals surface area contributed by atoms with Crippen molar-refractivity contribution in [1.29, 1.82) is 0 Å². The summed E-state index contributed by atoms with van der Waals surface area (Å²) in [6.07, 6.45) is 11.1. The molecule has 22 heavy (non-hydrogen) atoms. The van der Waals surface area contributed by atoms with E-state index in [9.17, 15) is 0 Å². The van der Waals surface area contributed by atoms with E-state index in [2.05, 4.69) is 66.7 Å². The van der Waals surface area contributed by atoms with Gasteiger partial charge in [0, 0.05) is 0 Å². The predicted molar refractivity (Wildman–Crippen MR) is 103 cm³/mol. The molecule has 0 radical (unpaired) electrons. The first-order valence-electron chi connectivity index (χ1n) is 9.71. The van der Waals surface area contributed by atoms with E-state index < -0.39 is 0 Å². The molecule has 0 aliphatic heterocycles. The average molecular weight is 307 g/mol. The minimum atomic E-state index is 0.768. The van der Waals surface area contributed by atoms with E-state index in [0.717, 1.165) is 35.5 Å². The number of allylic oxidation sites excluding steroid dienone is 4. The zero-order valence-electron chi connectivity index (χ0n) is 16.8. The first-order chi connectivity index (χ1) is 10.3. The molecule has 0 saturated carbocycles. The Balaban J connectivity index is 0.000000366. The van der Waals surface area contributed by atoms with Crippen LogP contribution in [-0.2, 0) is 0 Å². The average Bonchev–Trinajstić information content (AvgIpc) is 3.09. The van der Waals surface area contributed by atoms with E-state index in [1.807, 2.05) is 13.8 Å². The number of hydrogen-bond donors (Lipinski definition) is 0. The molecular weight excluding hydrogens is 264 g/mol. The van der Waals surface area contributed by atoms with Crippen LogP contribution in [0.2, 0.25) is 0 Å². The molecule has 3 unspecified atom stereocenters. The molecule has 0 amide bonds. The van der Waals surface area contributed by atoms with E-state index >= 15 is 0 Å². The fourth-order valence-electron chi connectivity index (χ4n) is 3.81. The van der Waals surface area contributed by atoms with Crippen LogP contribution in [0, 0.1) is 35.5 Å². The molecule has 0 spiro atoms. The minimum Gasteiger partial charge on any atom is -0.0880 e. The SMILES string of the molecule is CC.CC(C)C1=CCCC1C(C)C.CC(C)C1C=CCC1C. The van der Waals surface area contributed by atoms with E-state index in [4.69, 9.17) is 0 Å². The fraction of sp³-hybridized carbons (Fsp3) is 0.818. The molecule has 2 aliphatic carbocycles. The van der Waals surface area contributed by atoms with Crippen LogP contribution < -0.4 is 0 Å². The van der Waals surface area contributed by atoms with Crippen LogP contribution in [0.15, 0.2) is 23.8 Å². The van der Waals surface area contributed by atoms with Crippen LogP contribution in [0.1, 0.15) is 81.6 Å². The smallest absolute Gasteiger partial charge is 0.0175 e. The molecule has 0 aromatic rings. The van der Waals surface area contributed by atoms with E-state index in [1.54, 1.807) is 5.57 Å². The van der Waals surface area contributed by atoms with Gasteiger partial charge in [-0.1, -0.05) is 86.1 Å². The third-order valence-corrected chi connectivity index (χ3v) is 5.05. The maximum Gasteiger partial charge on any atom is -0.0175 e. The fourth-order valence-corrected chi connectivity index (χ4v) is 3.81. The molecule has 0 heterocycles. The highest BCUT2D eigenvalue weighted by molar-refractivity contribution is 5.15. The summed E-state index contributed by atoms with van der Waals surface area (Å²) in [7, 11) is 0. The van der Waals surface area contributed by atoms with Gasteiger partial charge in [-0.3, -0.25) is 0 Å². The first kappa shape index (κ1) is 21.5. The molecule has 0 heteroatoms. The Bertz CT molecular complexity index is 330. The molecular formula is C22H42. The van der Waals surface area contributed by atoms with Gasteiger partial charge in [0.25, 0.3) is 0 Å². The maximum atomic E-state index is 2.45. The van der Waals surface area contributed by atoms with Gasteiger partial charge in [-0.15, -0.1) is 0 Å². The lowest BCUT2D eigenvalue weighted by atomic mass is 9.84. The first-order valence-corrected chi connectivity index (χ1v) is 9.71. The van der Waals surface area contributed by atoms with E-state index in [-0.39, 0.29) is 0 Å². The zero-order chi connectivity index (χ0) is 17.3. The van der Waals surface area contributed by atoms with Gasteiger partial charge in [-0.2, -0.15) is 0 Å². The normalized spacial score (nSPS) is 26.7. The van der Waals surface area contributed by atoms with Gasteiger partial charge in [0.05, 0.1) is 0 Å². The molecule has 0 aromatic heterocycles. The molecule has 0 N–H and O–H groups in total. The van der Waals surface area contributed by atoms with Gasteiger partial charge >= 0.3 is 0 Å². The van der Waals surface area contributed by atoms with Crippen LogP contribution in [0.4, 0.5) is 0 Å². The Morgan fingerprint density at radius 1 is 0.955 bits per heavy atom. The monoisotopic (exact) mass is 306 g/mol. The highest BCUT2D eigenvalue weighted by Gasteiger charge is 2.23. The van der Waals surface area contributed by atoms with Crippen LogP contribution in [0.25, 0.3) is 0 Å². The molecule has 2 rings (SSSR count). The molecule has 0 fully saturated rings. The van der Waals surface area contributed by atoms with Crippen molar-refractivity contribution in [1.82, 2.24) is 0 Å². The second kappa shape index (κ2) is 11.1. The van der Waals surface area contributed by atoms with Crippen molar-refractivity contribution in [2.75, 3.05) is 0 Å². The van der Waals surface area contributed by atoms with E-state index in [1.165, 1.54) is 19.3 Å². The summed E-state index contributed by atoms with van der Waals surface area (Å²) in [5.41, 5.74) is 1.71. The number of hydrogen-bond acceptors (Lipinski definition) is 0. The van der Waals surface area contributed by atoms with Crippen LogP contribution in [0.5, 0.6) is 0 Å². The van der Waals surface area contributed by atoms with Crippen LogP contribution in [0.3, 0.4) is 0 Å². The summed E-state index contributed by atoms with van der Waals surface area (Å²) in [5, 5.41) is 0. The summed E-state index contributed by atoms with van der Waals surface area (Å²) in [5.74, 6) is 5.07. The third kappa shape index (κ3) is 6.71. The standard InChI is InChI=1S/C11H20.C9H16.C2H6/c1-8(2)10-6-5-7-11(10)9(3)4;1-7(2)9-6-4-5-8(9)3;1-2/h6,8-9,11H,5,7H2,1-4H3;4,6-9H,5H2,1-3H3;1-2H3. The summed E-state index contributed by atoms with van der Waals surface area (Å²) >= 11 is 0. The van der Waals surface area contributed by atoms with Crippen molar-refractivity contribution in [3.8, 4) is 0 Å². The Kier molecular flexibility index (Phi) is 10.8. The van der Waals surface area contributed by atoms with Gasteiger partial charge in [0.1, 0.15) is 0 Å². The van der Waals surface area contributed by atoms with Crippen molar-refractivity contribution in [3.63, 3.8) is 0 Å². The van der Waals surface area contributed by atoms with Crippen LogP contribution in [-0.4, -0.2) is 0 Å². The van der Waals surface area contributed by atoms with Crippen molar-refractivity contribution >= 4 is 0 Å². The Morgan fingerprint density at radius 3 is 1.82 bits per heavy atom. The topological polar surface area (TPSA) is 0 Å². The second-order valence-corrected chi connectivity index (χ2v) is 7.75. The summed E-state index contributed by atoms with van der Waals surface area (Å²) < 4.78 is 0. The van der Waals surface area contributed by atoms with Gasteiger partial charge in [0.15, 0.2) is 0 Å². The molecule has 2 aliphatic rings. The Hall–Kier alpha value is -0.520. The maximum absolute atomic E-state index is 2.45. The van der Waals surface area contributed by atoms with Gasteiger partial charge < -0.3 is 0 Å². The molecule has 3 atom stereocenters. The van der Waals surface area contributed by atoms with Gasteiger partial charge in [0.2, 0.25) is 0 Å². The highest BCUT2D eigenvalue weighted by Crippen LogP contribution is 2.36.